The van der Waals surface area contributed by atoms with Crippen LogP contribution >= 0.6 is 0 Å². The Morgan fingerprint density at radius 2 is 1.94 bits per heavy atom. The molecule has 0 unspecified atom stereocenters. The zero-order chi connectivity index (χ0) is 11.7. The van der Waals surface area contributed by atoms with E-state index in [0.717, 1.165) is 29.7 Å². The number of fused-ring (bicyclic) bond motifs is 1. The second-order valence-corrected chi connectivity index (χ2v) is 4.61. The monoisotopic (exact) mass is 229 g/mol. The van der Waals surface area contributed by atoms with Crippen molar-refractivity contribution in [1.82, 2.24) is 0 Å². The van der Waals surface area contributed by atoms with Crippen LogP contribution in [-0.4, -0.2) is 11.8 Å². The Balaban J connectivity index is 1.74. The van der Waals surface area contributed by atoms with Crippen LogP contribution in [0, 0.1) is 0 Å². The molecule has 2 aromatic rings. The minimum absolute atomic E-state index is 0.369. The quantitative estimate of drug-likeness (QED) is 0.858. The van der Waals surface area contributed by atoms with Crippen LogP contribution in [0.1, 0.15) is 25.7 Å². The predicted octanol–water partition coefficient (Wildman–Crippen LogP) is 3.36. The Bertz CT molecular complexity index is 501. The van der Waals surface area contributed by atoms with Gasteiger partial charge >= 0.3 is 0 Å². The Labute approximate surface area is 99.8 Å². The van der Waals surface area contributed by atoms with Gasteiger partial charge in [-0.15, -0.1) is 0 Å². The van der Waals surface area contributed by atoms with E-state index in [0.29, 0.717) is 24.7 Å². The van der Waals surface area contributed by atoms with Crippen molar-refractivity contribution in [3.05, 3.63) is 30.3 Å². The standard InChI is InChI=1S/C14H15NO2/c16-12-7-5-11(6-8-12)15-14-9-10-3-1-2-4-13(10)17-14/h1-4,9,11,15H,5-8H2. The molecule has 0 spiro atoms. The largest absolute Gasteiger partial charge is 0.441 e. The molecule has 3 rings (SSSR count). The molecule has 0 atom stereocenters. The van der Waals surface area contributed by atoms with Gasteiger partial charge < -0.3 is 9.73 Å². The van der Waals surface area contributed by atoms with Gasteiger partial charge in [-0.2, -0.15) is 0 Å². The summed E-state index contributed by atoms with van der Waals surface area (Å²) in [6.45, 7) is 0. The maximum atomic E-state index is 11.2. The van der Waals surface area contributed by atoms with Crippen molar-refractivity contribution in [2.75, 3.05) is 5.32 Å². The highest BCUT2D eigenvalue weighted by Gasteiger charge is 2.19. The van der Waals surface area contributed by atoms with Gasteiger partial charge in [-0.3, -0.25) is 4.79 Å². The number of anilines is 1. The molecule has 1 aliphatic carbocycles. The van der Waals surface area contributed by atoms with E-state index < -0.39 is 0 Å². The highest BCUT2D eigenvalue weighted by Crippen LogP contribution is 2.25. The zero-order valence-electron chi connectivity index (χ0n) is 9.61. The van der Waals surface area contributed by atoms with E-state index in [1.54, 1.807) is 0 Å². The molecule has 0 bridgehead atoms. The molecule has 1 heterocycles. The Morgan fingerprint density at radius 3 is 2.71 bits per heavy atom. The molecule has 1 aromatic heterocycles. The van der Waals surface area contributed by atoms with Gasteiger partial charge in [-0.05, 0) is 18.9 Å². The Morgan fingerprint density at radius 1 is 1.18 bits per heavy atom. The van der Waals surface area contributed by atoms with Crippen LogP contribution in [0.2, 0.25) is 0 Å². The highest BCUT2D eigenvalue weighted by molar-refractivity contribution is 5.81. The lowest BCUT2D eigenvalue weighted by atomic mass is 9.94. The number of para-hydroxylation sites is 1. The fraction of sp³-hybridized carbons (Fsp3) is 0.357. The number of ketones is 1. The average molecular weight is 229 g/mol. The number of furan rings is 1. The van der Waals surface area contributed by atoms with Crippen molar-refractivity contribution >= 4 is 22.6 Å². The predicted molar refractivity (Wildman–Crippen MR) is 67.1 cm³/mol. The maximum Gasteiger partial charge on any atom is 0.194 e. The molecular weight excluding hydrogens is 214 g/mol. The third-order valence-electron chi connectivity index (χ3n) is 3.32. The Hall–Kier alpha value is -1.77. The second-order valence-electron chi connectivity index (χ2n) is 4.61. The molecule has 1 aromatic carbocycles. The molecule has 1 saturated carbocycles. The lowest BCUT2D eigenvalue weighted by molar-refractivity contribution is -0.120. The van der Waals surface area contributed by atoms with Crippen molar-refractivity contribution in [3.8, 4) is 0 Å². The lowest BCUT2D eigenvalue weighted by Gasteiger charge is -2.21. The number of carbonyl (C=O) groups is 1. The SMILES string of the molecule is O=C1CCC(Nc2cc3ccccc3o2)CC1. The summed E-state index contributed by atoms with van der Waals surface area (Å²) in [4.78, 5) is 11.2. The van der Waals surface area contributed by atoms with Gasteiger partial charge in [-0.1, -0.05) is 18.2 Å². The van der Waals surface area contributed by atoms with Crippen LogP contribution in [0.4, 0.5) is 5.88 Å². The molecule has 0 amide bonds. The summed E-state index contributed by atoms with van der Waals surface area (Å²) >= 11 is 0. The first-order chi connectivity index (χ1) is 8.31. The van der Waals surface area contributed by atoms with E-state index in [9.17, 15) is 4.79 Å². The van der Waals surface area contributed by atoms with E-state index in [1.807, 2.05) is 30.3 Å². The third-order valence-corrected chi connectivity index (χ3v) is 3.32. The van der Waals surface area contributed by atoms with Crippen LogP contribution in [0.3, 0.4) is 0 Å². The summed E-state index contributed by atoms with van der Waals surface area (Å²) in [5.74, 6) is 1.19. The summed E-state index contributed by atoms with van der Waals surface area (Å²) in [5, 5.41) is 4.48. The fourth-order valence-electron chi connectivity index (χ4n) is 2.34. The second kappa shape index (κ2) is 4.24. The van der Waals surface area contributed by atoms with Gasteiger partial charge in [0, 0.05) is 30.3 Å². The number of rotatable bonds is 2. The van der Waals surface area contributed by atoms with E-state index in [-0.39, 0.29) is 0 Å². The van der Waals surface area contributed by atoms with E-state index >= 15 is 0 Å². The molecule has 0 aliphatic heterocycles. The molecule has 0 radical (unpaired) electrons. The molecule has 0 saturated heterocycles. The van der Waals surface area contributed by atoms with Gasteiger partial charge in [0.2, 0.25) is 0 Å². The van der Waals surface area contributed by atoms with Crippen molar-refractivity contribution in [2.45, 2.75) is 31.7 Å². The minimum Gasteiger partial charge on any atom is -0.441 e. The fourth-order valence-corrected chi connectivity index (χ4v) is 2.34. The van der Waals surface area contributed by atoms with Crippen molar-refractivity contribution in [3.63, 3.8) is 0 Å². The van der Waals surface area contributed by atoms with Crippen LogP contribution in [-0.2, 0) is 4.79 Å². The van der Waals surface area contributed by atoms with Gasteiger partial charge in [0.15, 0.2) is 5.88 Å². The van der Waals surface area contributed by atoms with Gasteiger partial charge in [0.05, 0.1) is 0 Å². The summed E-state index contributed by atoms with van der Waals surface area (Å²) < 4.78 is 5.70. The summed E-state index contributed by atoms with van der Waals surface area (Å²) in [6.07, 6.45) is 3.21. The summed E-state index contributed by atoms with van der Waals surface area (Å²) in [7, 11) is 0. The topological polar surface area (TPSA) is 42.2 Å². The number of hydrogen-bond acceptors (Lipinski definition) is 3. The molecule has 1 fully saturated rings. The van der Waals surface area contributed by atoms with Crippen LogP contribution in [0.5, 0.6) is 0 Å². The molecule has 17 heavy (non-hydrogen) atoms. The number of nitrogens with one attached hydrogen (secondary N) is 1. The molecule has 1 N–H and O–H groups in total. The van der Waals surface area contributed by atoms with Gasteiger partial charge in [-0.25, -0.2) is 0 Å². The molecule has 1 aliphatic rings. The number of hydrogen-bond donors (Lipinski definition) is 1. The van der Waals surface area contributed by atoms with E-state index in [4.69, 9.17) is 4.42 Å². The van der Waals surface area contributed by atoms with Gasteiger partial charge in [0.1, 0.15) is 11.4 Å². The summed E-state index contributed by atoms with van der Waals surface area (Å²) in [5.41, 5.74) is 0.905. The normalized spacial score (nSPS) is 17.5. The minimum atomic E-state index is 0.369. The highest BCUT2D eigenvalue weighted by atomic mass is 16.3. The first-order valence-corrected chi connectivity index (χ1v) is 6.08. The lowest BCUT2D eigenvalue weighted by Crippen LogP contribution is -2.25. The van der Waals surface area contributed by atoms with E-state index in [2.05, 4.69) is 5.32 Å². The van der Waals surface area contributed by atoms with E-state index in [1.165, 1.54) is 0 Å². The smallest absolute Gasteiger partial charge is 0.194 e. The van der Waals surface area contributed by atoms with Crippen molar-refractivity contribution in [2.24, 2.45) is 0 Å². The molecule has 3 heteroatoms. The van der Waals surface area contributed by atoms with Crippen molar-refractivity contribution in [1.29, 1.82) is 0 Å². The molecular formula is C14H15NO2. The first-order valence-electron chi connectivity index (χ1n) is 6.08. The van der Waals surface area contributed by atoms with Crippen LogP contribution in [0.15, 0.2) is 34.7 Å². The van der Waals surface area contributed by atoms with Crippen LogP contribution < -0.4 is 5.32 Å². The number of benzene rings is 1. The number of Topliss-reactive ketones (excluding diaryl/α,β-unsaturated/α-hetero) is 1. The Kier molecular flexibility index (Phi) is 2.59. The van der Waals surface area contributed by atoms with Crippen LogP contribution in [0.25, 0.3) is 11.0 Å². The molecule has 88 valence electrons. The third kappa shape index (κ3) is 2.18. The number of carbonyl (C=O) groups excluding carboxylic acids is 1. The maximum absolute atomic E-state index is 11.2. The van der Waals surface area contributed by atoms with Gasteiger partial charge in [0.25, 0.3) is 0 Å². The average Bonchev–Trinajstić information content (AvgIpc) is 2.74. The molecule has 3 nitrogen and oxygen atoms in total. The first kappa shape index (κ1) is 10.4. The van der Waals surface area contributed by atoms with Crippen molar-refractivity contribution < 1.29 is 9.21 Å². The summed E-state index contributed by atoms with van der Waals surface area (Å²) in [6, 6.07) is 10.4. The zero-order valence-corrected chi connectivity index (χ0v) is 9.61.